The van der Waals surface area contributed by atoms with E-state index in [1.165, 1.54) is 49.0 Å². The molecule has 0 amide bonds. The number of rotatable bonds is 2. The van der Waals surface area contributed by atoms with Crippen molar-refractivity contribution in [3.05, 3.63) is 84.9 Å². The third-order valence-corrected chi connectivity index (χ3v) is 5.98. The Labute approximate surface area is 156 Å². The highest BCUT2D eigenvalue weighted by molar-refractivity contribution is 6.85. The van der Waals surface area contributed by atoms with Crippen LogP contribution in [-0.4, -0.2) is 11.3 Å². The summed E-state index contributed by atoms with van der Waals surface area (Å²) >= 11 is 0. The smallest absolute Gasteiger partial charge is 0.430 e. The van der Waals surface area contributed by atoms with Crippen LogP contribution in [0.1, 0.15) is 0 Å². The molecule has 27 heavy (non-hydrogen) atoms. The lowest BCUT2D eigenvalue weighted by atomic mass is 9.53. The van der Waals surface area contributed by atoms with Gasteiger partial charge in [-0.25, -0.2) is 0 Å². The molecule has 3 heteroatoms. The number of aromatic nitrogens is 1. The molecule has 3 heterocycles. The molecular weight excluding hydrogens is 329 g/mol. The van der Waals surface area contributed by atoms with E-state index in [-0.39, 0.29) is 6.92 Å². The van der Waals surface area contributed by atoms with Gasteiger partial charge < -0.3 is 9.06 Å². The largest absolute Gasteiger partial charge is 0.551 e. The van der Waals surface area contributed by atoms with Crippen LogP contribution in [0.15, 0.2) is 84.9 Å². The van der Waals surface area contributed by atoms with Gasteiger partial charge in [-0.15, -0.1) is 0 Å². The molecule has 124 valence electrons. The van der Waals surface area contributed by atoms with Crippen LogP contribution in [0.3, 0.4) is 0 Å². The summed E-state index contributed by atoms with van der Waals surface area (Å²) in [6.45, 7) is -0.100. The van der Waals surface area contributed by atoms with Gasteiger partial charge in [0.1, 0.15) is 0 Å². The summed E-state index contributed by atoms with van der Waals surface area (Å²) in [6, 6.07) is 30.0. The normalized spacial score (nSPS) is 13.1. The first kappa shape index (κ1) is 13.7. The molecule has 0 bridgehead atoms. The first-order valence-electron chi connectivity index (χ1n) is 9.33. The molecule has 0 aliphatic carbocycles. The van der Waals surface area contributed by atoms with E-state index in [1.807, 2.05) is 30.3 Å². The monoisotopic (exact) mass is 343 g/mol. The fourth-order valence-electron chi connectivity index (χ4n) is 4.96. The Balaban J connectivity index is 1.69. The van der Waals surface area contributed by atoms with Gasteiger partial charge in [-0.3, -0.25) is 0 Å². The van der Waals surface area contributed by atoms with Crippen molar-refractivity contribution in [1.29, 1.82) is 0 Å². The lowest BCUT2D eigenvalue weighted by Gasteiger charge is -2.22. The Morgan fingerprint density at radius 2 is 1.04 bits per heavy atom. The highest BCUT2D eigenvalue weighted by atomic mass is 16.4. The van der Waals surface area contributed by atoms with E-state index in [4.69, 9.17) is 4.65 Å². The third kappa shape index (κ3) is 1.54. The predicted molar refractivity (Wildman–Crippen MR) is 113 cm³/mol. The molecule has 0 atom stereocenters. The van der Waals surface area contributed by atoms with Crippen LogP contribution in [0.4, 0.5) is 0 Å². The highest BCUT2D eigenvalue weighted by Crippen LogP contribution is 2.39. The molecule has 2 nitrogen and oxygen atoms in total. The fraction of sp³-hybridized carbons (Fsp3) is 0. The van der Waals surface area contributed by atoms with Gasteiger partial charge in [-0.05, 0) is 23.1 Å². The molecule has 1 aliphatic heterocycles. The minimum Gasteiger partial charge on any atom is -0.551 e. The average Bonchev–Trinajstić information content (AvgIpc) is 3.25. The van der Waals surface area contributed by atoms with Crippen LogP contribution < -0.4 is 15.6 Å². The zero-order chi connectivity index (χ0) is 17.5. The maximum absolute atomic E-state index is 6.55. The van der Waals surface area contributed by atoms with Crippen LogP contribution in [-0.2, 0) is 0 Å². The van der Waals surface area contributed by atoms with Crippen molar-refractivity contribution in [2.75, 3.05) is 0 Å². The lowest BCUT2D eigenvalue weighted by molar-refractivity contribution is 0.592. The summed E-state index contributed by atoms with van der Waals surface area (Å²) in [4.78, 5) is 0. The summed E-state index contributed by atoms with van der Waals surface area (Å²) in [5, 5.41) is 5.27. The molecule has 0 unspecified atom stereocenters. The number of hydrogen-bond acceptors (Lipinski definition) is 1. The van der Waals surface area contributed by atoms with Crippen molar-refractivity contribution in [3.63, 3.8) is 0 Å². The molecule has 0 saturated carbocycles. The second-order valence-electron chi connectivity index (χ2n) is 7.33. The van der Waals surface area contributed by atoms with Crippen LogP contribution in [0.25, 0.3) is 38.1 Å². The number of hydrogen-bond donors (Lipinski definition) is 0. The van der Waals surface area contributed by atoms with Gasteiger partial charge in [0.15, 0.2) is 0 Å². The average molecular weight is 343 g/mol. The Morgan fingerprint density at radius 3 is 1.63 bits per heavy atom. The van der Waals surface area contributed by atoms with Crippen molar-refractivity contribution in [1.82, 2.24) is 4.40 Å². The van der Waals surface area contributed by atoms with Gasteiger partial charge in [0, 0.05) is 21.5 Å². The maximum Gasteiger partial charge on any atom is 0.430 e. The zero-order valence-electron chi connectivity index (χ0n) is 14.5. The van der Waals surface area contributed by atoms with E-state index in [2.05, 4.69) is 59.0 Å². The van der Waals surface area contributed by atoms with E-state index >= 15 is 0 Å². The Bertz CT molecular complexity index is 1410. The SMILES string of the molecule is c1ccc(OB2c3cccc4c5cccc6c7cccc2c7n(c34)c56)cc1. The van der Waals surface area contributed by atoms with Crippen molar-refractivity contribution < 1.29 is 4.65 Å². The van der Waals surface area contributed by atoms with Crippen LogP contribution in [0.2, 0.25) is 0 Å². The van der Waals surface area contributed by atoms with Crippen LogP contribution in [0, 0.1) is 0 Å². The molecule has 0 N–H and O–H groups in total. The minimum atomic E-state index is -0.100. The molecule has 0 spiro atoms. The minimum absolute atomic E-state index is 0.100. The summed E-state index contributed by atoms with van der Waals surface area (Å²) in [5.41, 5.74) is 6.40. The van der Waals surface area contributed by atoms with Gasteiger partial charge in [0.05, 0.1) is 22.3 Å². The molecular formula is C24H14BNO. The molecule has 4 aromatic carbocycles. The third-order valence-electron chi connectivity index (χ3n) is 5.98. The first-order valence-corrected chi connectivity index (χ1v) is 9.33. The van der Waals surface area contributed by atoms with E-state index in [0.29, 0.717) is 0 Å². The fourth-order valence-corrected chi connectivity index (χ4v) is 4.96. The van der Waals surface area contributed by atoms with Crippen molar-refractivity contribution in [2.24, 2.45) is 0 Å². The van der Waals surface area contributed by atoms with Crippen molar-refractivity contribution in [2.45, 2.75) is 0 Å². The molecule has 0 saturated heterocycles. The summed E-state index contributed by atoms with van der Waals surface area (Å²) < 4.78 is 9.02. The zero-order valence-corrected chi connectivity index (χ0v) is 14.5. The Kier molecular flexibility index (Phi) is 2.35. The molecule has 0 fully saturated rings. The second kappa shape index (κ2) is 4.63. The maximum atomic E-state index is 6.55. The molecule has 0 radical (unpaired) electrons. The van der Waals surface area contributed by atoms with E-state index in [1.54, 1.807) is 0 Å². The van der Waals surface area contributed by atoms with Gasteiger partial charge >= 0.3 is 6.92 Å². The van der Waals surface area contributed by atoms with Crippen molar-refractivity contribution >= 4 is 55.9 Å². The van der Waals surface area contributed by atoms with E-state index in [9.17, 15) is 0 Å². The molecule has 2 aromatic heterocycles. The first-order chi connectivity index (χ1) is 13.4. The van der Waals surface area contributed by atoms with Crippen molar-refractivity contribution in [3.8, 4) is 5.75 Å². The van der Waals surface area contributed by atoms with Crippen LogP contribution in [0.5, 0.6) is 5.75 Å². The number of para-hydroxylation sites is 4. The predicted octanol–water partition coefficient (Wildman–Crippen LogP) is 4.33. The van der Waals surface area contributed by atoms with Gasteiger partial charge in [-0.1, -0.05) is 72.8 Å². The number of nitrogens with zero attached hydrogens (tertiary/aromatic N) is 1. The molecule has 6 aromatic rings. The Hall–Kier alpha value is -3.46. The highest BCUT2D eigenvalue weighted by Gasteiger charge is 2.35. The molecule has 7 rings (SSSR count). The Morgan fingerprint density at radius 1 is 0.519 bits per heavy atom. The summed E-state index contributed by atoms with van der Waals surface area (Å²) in [5.74, 6) is 0.901. The second-order valence-corrected chi connectivity index (χ2v) is 7.33. The van der Waals surface area contributed by atoms with E-state index < -0.39 is 0 Å². The topological polar surface area (TPSA) is 13.6 Å². The lowest BCUT2D eigenvalue weighted by Crippen LogP contribution is -2.50. The molecule has 1 aliphatic rings. The van der Waals surface area contributed by atoms with Crippen LogP contribution >= 0.6 is 0 Å². The van der Waals surface area contributed by atoms with E-state index in [0.717, 1.165) is 5.75 Å². The quantitative estimate of drug-likeness (QED) is 0.427. The van der Waals surface area contributed by atoms with Gasteiger partial charge in [0.2, 0.25) is 0 Å². The standard InChI is InChI=1S/C24H14BNO/c1-2-7-15(8-3-1)27-25-20-13-5-11-18-16-9-4-10-17-19-12-6-14-21(25)24(19)26(22(16)17)23(18)20/h1-14H. The number of benzene rings is 4. The van der Waals surface area contributed by atoms with Gasteiger partial charge in [-0.2, -0.15) is 0 Å². The summed E-state index contributed by atoms with van der Waals surface area (Å²) in [7, 11) is 0. The summed E-state index contributed by atoms with van der Waals surface area (Å²) in [6.07, 6.45) is 0. The number of fused-ring (bicyclic) bond motifs is 2. The van der Waals surface area contributed by atoms with Gasteiger partial charge in [0.25, 0.3) is 0 Å².